The van der Waals surface area contributed by atoms with Gasteiger partial charge in [0, 0.05) is 11.8 Å². The number of nitrogen functional groups attached to an aromatic ring is 1. The molecule has 2 rings (SSSR count). The van der Waals surface area contributed by atoms with E-state index in [4.69, 9.17) is 15.9 Å². The minimum atomic E-state index is 0.520. The summed E-state index contributed by atoms with van der Waals surface area (Å²) >= 11 is 0. The molecule has 4 nitrogen and oxygen atoms in total. The second-order valence-electron chi connectivity index (χ2n) is 3.33. The lowest BCUT2D eigenvalue weighted by Gasteiger charge is -2.01. The predicted molar refractivity (Wildman–Crippen MR) is 55.9 cm³/mol. The molecule has 4 N–H and O–H groups in total. The van der Waals surface area contributed by atoms with E-state index in [1.165, 1.54) is 0 Å². The van der Waals surface area contributed by atoms with Crippen LogP contribution in [0.2, 0.25) is 0 Å². The smallest absolute Gasteiger partial charge is 0.142 e. The summed E-state index contributed by atoms with van der Waals surface area (Å²) in [6.45, 7) is 2.54. The minimum absolute atomic E-state index is 0.520. The first kappa shape index (κ1) is 9.02. The van der Waals surface area contributed by atoms with E-state index >= 15 is 0 Å². The maximum Gasteiger partial charge on any atom is 0.142 e. The van der Waals surface area contributed by atoms with Crippen molar-refractivity contribution >= 4 is 16.8 Å². The first-order valence-corrected chi connectivity index (χ1v) is 4.55. The van der Waals surface area contributed by atoms with Gasteiger partial charge in [0.2, 0.25) is 0 Å². The van der Waals surface area contributed by atoms with Gasteiger partial charge in [0.15, 0.2) is 0 Å². The van der Waals surface area contributed by atoms with Crippen LogP contribution in [0.4, 0.5) is 5.82 Å². The van der Waals surface area contributed by atoms with Crippen LogP contribution in [0.25, 0.3) is 11.0 Å². The highest BCUT2D eigenvalue weighted by Gasteiger charge is 2.10. The first-order chi connectivity index (χ1) is 6.74. The summed E-state index contributed by atoms with van der Waals surface area (Å²) in [5, 5.41) is 0.913. The molecule has 2 aromatic heterocycles. The molecule has 2 aromatic rings. The van der Waals surface area contributed by atoms with Crippen LogP contribution in [0, 0.1) is 6.92 Å². The van der Waals surface area contributed by atoms with E-state index < -0.39 is 0 Å². The summed E-state index contributed by atoms with van der Waals surface area (Å²) in [5.41, 5.74) is 14.1. The molecule has 0 saturated heterocycles. The molecule has 0 aliphatic heterocycles. The van der Waals surface area contributed by atoms with E-state index in [2.05, 4.69) is 4.98 Å². The number of nitrogens with two attached hydrogens (primary N) is 2. The van der Waals surface area contributed by atoms with Crippen molar-refractivity contribution < 1.29 is 4.42 Å². The standard InChI is InChI=1S/C10H13N3O/c1-6-5-14-9-7(2-3-11)4-13-10(12)8(6)9/h4-5H,2-3,11H2,1H3,(H2,12,13). The molecular formula is C10H13N3O. The predicted octanol–water partition coefficient (Wildman–Crippen LogP) is 1.22. The third-order valence-electron chi connectivity index (χ3n) is 2.30. The Bertz CT molecular complexity index is 462. The number of fused-ring (bicyclic) bond motifs is 1. The highest BCUT2D eigenvalue weighted by Crippen LogP contribution is 2.27. The van der Waals surface area contributed by atoms with Crippen molar-refractivity contribution in [3.05, 3.63) is 23.6 Å². The molecule has 0 spiro atoms. The van der Waals surface area contributed by atoms with Crippen molar-refractivity contribution in [1.82, 2.24) is 4.98 Å². The summed E-state index contributed by atoms with van der Waals surface area (Å²) in [7, 11) is 0. The third kappa shape index (κ3) is 1.24. The van der Waals surface area contributed by atoms with Crippen molar-refractivity contribution in [2.45, 2.75) is 13.3 Å². The number of nitrogens with zero attached hydrogens (tertiary/aromatic N) is 1. The van der Waals surface area contributed by atoms with E-state index in [-0.39, 0.29) is 0 Å². The van der Waals surface area contributed by atoms with Crippen LogP contribution < -0.4 is 11.5 Å². The number of furan rings is 1. The van der Waals surface area contributed by atoms with Gasteiger partial charge in [-0.3, -0.25) is 0 Å². The summed E-state index contributed by atoms with van der Waals surface area (Å²) in [6.07, 6.45) is 4.19. The van der Waals surface area contributed by atoms with Crippen LogP contribution in [0.1, 0.15) is 11.1 Å². The SMILES string of the molecule is Cc1coc2c(CCN)cnc(N)c12. The molecule has 14 heavy (non-hydrogen) atoms. The zero-order chi connectivity index (χ0) is 10.1. The fraction of sp³-hybridized carbons (Fsp3) is 0.300. The van der Waals surface area contributed by atoms with Crippen LogP contribution in [0.5, 0.6) is 0 Å². The summed E-state index contributed by atoms with van der Waals surface area (Å²) in [6, 6.07) is 0. The number of aryl methyl sites for hydroxylation is 1. The molecule has 0 fully saturated rings. The molecule has 0 unspecified atom stereocenters. The van der Waals surface area contributed by atoms with Crippen molar-refractivity contribution in [2.75, 3.05) is 12.3 Å². The first-order valence-electron chi connectivity index (χ1n) is 4.55. The number of anilines is 1. The Labute approximate surface area is 81.9 Å². The van der Waals surface area contributed by atoms with Gasteiger partial charge >= 0.3 is 0 Å². The molecule has 0 bridgehead atoms. The monoisotopic (exact) mass is 191 g/mol. The van der Waals surface area contributed by atoms with Crippen molar-refractivity contribution in [1.29, 1.82) is 0 Å². The van der Waals surface area contributed by atoms with Gasteiger partial charge in [0.1, 0.15) is 11.4 Å². The minimum Gasteiger partial charge on any atom is -0.464 e. The lowest BCUT2D eigenvalue weighted by molar-refractivity contribution is 0.607. The van der Waals surface area contributed by atoms with Gasteiger partial charge in [0.05, 0.1) is 11.6 Å². The molecule has 74 valence electrons. The van der Waals surface area contributed by atoms with Crippen LogP contribution >= 0.6 is 0 Å². The Morgan fingerprint density at radius 2 is 2.29 bits per heavy atom. The molecule has 0 atom stereocenters. The Kier molecular flexibility index (Phi) is 2.13. The molecule has 0 radical (unpaired) electrons. The Balaban J connectivity index is 2.70. The molecule has 2 heterocycles. The Hall–Kier alpha value is -1.55. The van der Waals surface area contributed by atoms with Crippen LogP contribution in [0.15, 0.2) is 16.9 Å². The third-order valence-corrected chi connectivity index (χ3v) is 2.30. The topological polar surface area (TPSA) is 78.1 Å². The molecule has 0 aromatic carbocycles. The maximum atomic E-state index is 5.76. The maximum absolute atomic E-state index is 5.76. The van der Waals surface area contributed by atoms with Gasteiger partial charge in [-0.15, -0.1) is 0 Å². The fourth-order valence-corrected chi connectivity index (χ4v) is 1.60. The summed E-state index contributed by atoms with van der Waals surface area (Å²) in [5.74, 6) is 0.520. The molecule has 0 aliphatic carbocycles. The largest absolute Gasteiger partial charge is 0.464 e. The lowest BCUT2D eigenvalue weighted by atomic mass is 10.1. The van der Waals surface area contributed by atoms with Gasteiger partial charge in [-0.25, -0.2) is 4.98 Å². The number of rotatable bonds is 2. The average molecular weight is 191 g/mol. The van der Waals surface area contributed by atoms with E-state index in [9.17, 15) is 0 Å². The second kappa shape index (κ2) is 3.31. The number of hydrogen-bond acceptors (Lipinski definition) is 4. The fourth-order valence-electron chi connectivity index (χ4n) is 1.60. The summed E-state index contributed by atoms with van der Waals surface area (Å²) < 4.78 is 5.44. The van der Waals surface area contributed by atoms with Gasteiger partial charge in [0.25, 0.3) is 0 Å². The molecular weight excluding hydrogens is 178 g/mol. The molecule has 4 heteroatoms. The molecule has 0 amide bonds. The number of hydrogen-bond donors (Lipinski definition) is 2. The van der Waals surface area contributed by atoms with Crippen molar-refractivity contribution in [3.8, 4) is 0 Å². The van der Waals surface area contributed by atoms with Crippen LogP contribution in [-0.2, 0) is 6.42 Å². The van der Waals surface area contributed by atoms with Gasteiger partial charge in [-0.1, -0.05) is 0 Å². The van der Waals surface area contributed by atoms with E-state index in [1.807, 2.05) is 6.92 Å². The van der Waals surface area contributed by atoms with Gasteiger partial charge < -0.3 is 15.9 Å². The number of pyridine rings is 1. The molecule has 0 aliphatic rings. The molecule has 0 saturated carbocycles. The van der Waals surface area contributed by atoms with E-state index in [0.29, 0.717) is 12.4 Å². The second-order valence-corrected chi connectivity index (χ2v) is 3.33. The zero-order valence-corrected chi connectivity index (χ0v) is 8.08. The normalized spacial score (nSPS) is 11.0. The van der Waals surface area contributed by atoms with Crippen molar-refractivity contribution in [3.63, 3.8) is 0 Å². The zero-order valence-electron chi connectivity index (χ0n) is 8.08. The highest BCUT2D eigenvalue weighted by atomic mass is 16.3. The van der Waals surface area contributed by atoms with Crippen LogP contribution in [0.3, 0.4) is 0 Å². The van der Waals surface area contributed by atoms with Gasteiger partial charge in [-0.05, 0) is 25.5 Å². The summed E-state index contributed by atoms with van der Waals surface area (Å²) in [4.78, 5) is 4.12. The van der Waals surface area contributed by atoms with Crippen molar-refractivity contribution in [2.24, 2.45) is 5.73 Å². The lowest BCUT2D eigenvalue weighted by Crippen LogP contribution is -2.04. The van der Waals surface area contributed by atoms with Gasteiger partial charge in [-0.2, -0.15) is 0 Å². The van der Waals surface area contributed by atoms with E-state index in [1.54, 1.807) is 12.5 Å². The number of aromatic nitrogens is 1. The highest BCUT2D eigenvalue weighted by molar-refractivity contribution is 5.92. The van der Waals surface area contributed by atoms with Crippen LogP contribution in [-0.4, -0.2) is 11.5 Å². The van der Waals surface area contributed by atoms with E-state index in [0.717, 1.165) is 28.5 Å². The Morgan fingerprint density at radius 3 is 3.00 bits per heavy atom. The average Bonchev–Trinajstić information content (AvgIpc) is 2.54. The Morgan fingerprint density at radius 1 is 1.50 bits per heavy atom. The quantitative estimate of drug-likeness (QED) is 0.748.